The van der Waals surface area contributed by atoms with E-state index in [1.807, 2.05) is 0 Å². The highest BCUT2D eigenvalue weighted by atomic mass is 16.5. The molecule has 0 fully saturated rings. The number of nitrogens with zero attached hydrogens (tertiary/aromatic N) is 2. The highest BCUT2D eigenvalue weighted by molar-refractivity contribution is 5.46. The summed E-state index contributed by atoms with van der Waals surface area (Å²) in [6, 6.07) is 0. The molecular formula is C9H22N2O2. The largest absolute Gasteiger partial charge is 0.383 e. The predicted molar refractivity (Wildman–Crippen MR) is 54.8 cm³/mol. The Kier molecular flexibility index (Phi) is 13.0. The highest BCUT2D eigenvalue weighted by Gasteiger charge is 1.88. The molecule has 0 saturated heterocycles. The fourth-order valence-electron chi connectivity index (χ4n) is 0.288. The van der Waals surface area contributed by atoms with Crippen LogP contribution in [0, 0.1) is 0 Å². The molecule has 4 nitrogen and oxygen atoms in total. The Labute approximate surface area is 81.5 Å². The number of carbonyl (C=O) groups is 1. The van der Waals surface area contributed by atoms with Crippen LogP contribution in [0.15, 0.2) is 0 Å². The Morgan fingerprint density at radius 2 is 1.77 bits per heavy atom. The number of carbonyl (C=O) groups excluding carboxylic acids is 1. The van der Waals surface area contributed by atoms with Crippen LogP contribution in [0.2, 0.25) is 0 Å². The van der Waals surface area contributed by atoms with Crippen molar-refractivity contribution in [1.29, 1.82) is 0 Å². The maximum absolute atomic E-state index is 9.88. The van der Waals surface area contributed by atoms with Gasteiger partial charge >= 0.3 is 0 Å². The molecule has 0 aliphatic carbocycles. The van der Waals surface area contributed by atoms with Crippen molar-refractivity contribution < 1.29 is 9.53 Å². The van der Waals surface area contributed by atoms with Crippen LogP contribution in [0.25, 0.3) is 0 Å². The zero-order valence-corrected chi connectivity index (χ0v) is 9.41. The van der Waals surface area contributed by atoms with E-state index in [0.717, 1.165) is 13.0 Å². The molecule has 0 bridgehead atoms. The first-order chi connectivity index (χ1) is 6.08. The number of hydrogen-bond acceptors (Lipinski definition) is 3. The lowest BCUT2D eigenvalue weighted by Gasteiger charge is -2.07. The normalized spacial score (nSPS) is 9.08. The summed E-state index contributed by atoms with van der Waals surface area (Å²) < 4.78 is 4.71. The summed E-state index contributed by atoms with van der Waals surface area (Å²) in [7, 11) is 7.44. The number of likely N-dealkylation sites (N-methyl/N-ethyl adjacent to an activating group) is 1. The van der Waals surface area contributed by atoms with Gasteiger partial charge in [-0.25, -0.2) is 0 Å². The quantitative estimate of drug-likeness (QED) is 0.584. The number of hydrogen-bond donors (Lipinski definition) is 0. The molecule has 0 unspecified atom stereocenters. The van der Waals surface area contributed by atoms with E-state index in [0.29, 0.717) is 13.2 Å². The molecule has 4 heteroatoms. The van der Waals surface area contributed by atoms with Crippen molar-refractivity contribution in [3.05, 3.63) is 0 Å². The number of rotatable bonds is 5. The lowest BCUT2D eigenvalue weighted by molar-refractivity contribution is -0.117. The van der Waals surface area contributed by atoms with Gasteiger partial charge in [-0.3, -0.25) is 4.79 Å². The second kappa shape index (κ2) is 11.4. The first kappa shape index (κ1) is 14.9. The van der Waals surface area contributed by atoms with Crippen LogP contribution >= 0.6 is 0 Å². The van der Waals surface area contributed by atoms with Crippen LogP contribution in [-0.2, 0) is 9.53 Å². The third kappa shape index (κ3) is 18.4. The van der Waals surface area contributed by atoms with Gasteiger partial charge in [-0.15, -0.1) is 0 Å². The Balaban J connectivity index is 0. The molecule has 13 heavy (non-hydrogen) atoms. The average Bonchev–Trinajstić information content (AvgIpc) is 2.15. The van der Waals surface area contributed by atoms with Crippen molar-refractivity contribution >= 4 is 6.41 Å². The van der Waals surface area contributed by atoms with E-state index in [9.17, 15) is 4.79 Å². The second-order valence-corrected chi connectivity index (χ2v) is 2.97. The van der Waals surface area contributed by atoms with E-state index in [-0.39, 0.29) is 0 Å². The molecule has 0 aromatic rings. The van der Waals surface area contributed by atoms with Gasteiger partial charge < -0.3 is 14.5 Å². The van der Waals surface area contributed by atoms with Gasteiger partial charge in [0.15, 0.2) is 0 Å². The minimum absolute atomic E-state index is 0.606. The fraction of sp³-hybridized carbons (Fsp3) is 0.889. The van der Waals surface area contributed by atoms with Gasteiger partial charge in [0.05, 0.1) is 6.61 Å². The van der Waals surface area contributed by atoms with Gasteiger partial charge in [0.25, 0.3) is 0 Å². The van der Waals surface area contributed by atoms with Gasteiger partial charge in [0.1, 0.15) is 0 Å². The first-order valence-electron chi connectivity index (χ1n) is 4.37. The first-order valence-corrected chi connectivity index (χ1v) is 4.37. The van der Waals surface area contributed by atoms with Gasteiger partial charge in [0, 0.05) is 20.7 Å². The molecule has 0 rings (SSSR count). The lowest BCUT2D eigenvalue weighted by atomic mass is 10.6. The molecule has 0 aliphatic heterocycles. The summed E-state index contributed by atoms with van der Waals surface area (Å²) in [5, 5.41) is 0. The topological polar surface area (TPSA) is 32.8 Å². The summed E-state index contributed by atoms with van der Waals surface area (Å²) in [4.78, 5) is 13.5. The molecule has 0 aliphatic rings. The molecule has 0 aromatic heterocycles. The summed E-state index contributed by atoms with van der Waals surface area (Å²) in [5.41, 5.74) is 0. The van der Waals surface area contributed by atoms with E-state index in [1.54, 1.807) is 14.2 Å². The Hall–Kier alpha value is -0.610. The van der Waals surface area contributed by atoms with Crippen LogP contribution in [0.1, 0.15) is 6.92 Å². The molecule has 0 heterocycles. The molecule has 0 saturated carbocycles. The monoisotopic (exact) mass is 190 g/mol. The molecule has 80 valence electrons. The zero-order valence-electron chi connectivity index (χ0n) is 9.41. The Morgan fingerprint density at radius 3 is 2.00 bits per heavy atom. The Bertz CT molecular complexity index is 108. The van der Waals surface area contributed by atoms with E-state index in [1.165, 1.54) is 4.90 Å². The summed E-state index contributed by atoms with van der Waals surface area (Å²) in [6.07, 6.45) is 0.777. The van der Waals surface area contributed by atoms with E-state index in [2.05, 4.69) is 25.9 Å². The van der Waals surface area contributed by atoms with E-state index >= 15 is 0 Å². The van der Waals surface area contributed by atoms with Crippen LogP contribution in [0.5, 0.6) is 0 Å². The lowest BCUT2D eigenvalue weighted by Crippen LogP contribution is -2.20. The van der Waals surface area contributed by atoms with Crippen molar-refractivity contribution in [3.63, 3.8) is 0 Å². The fourth-order valence-corrected chi connectivity index (χ4v) is 0.288. The van der Waals surface area contributed by atoms with Crippen LogP contribution < -0.4 is 0 Å². The predicted octanol–water partition coefficient (Wildman–Crippen LogP) is 0.289. The van der Waals surface area contributed by atoms with Crippen molar-refractivity contribution in [2.75, 3.05) is 47.9 Å². The Morgan fingerprint density at radius 1 is 1.31 bits per heavy atom. The van der Waals surface area contributed by atoms with Gasteiger partial charge in [-0.05, 0) is 20.6 Å². The zero-order chi connectivity index (χ0) is 10.7. The number of ether oxygens (including phenoxy) is 1. The SMILES string of the molecule is CCN(C)C.COCCN(C)C=O. The van der Waals surface area contributed by atoms with Crippen molar-refractivity contribution in [2.24, 2.45) is 0 Å². The average molecular weight is 190 g/mol. The maximum atomic E-state index is 9.88. The minimum atomic E-state index is 0.606. The van der Waals surface area contributed by atoms with Gasteiger partial charge in [-0.1, -0.05) is 6.92 Å². The maximum Gasteiger partial charge on any atom is 0.209 e. The molecule has 0 atom stereocenters. The smallest absolute Gasteiger partial charge is 0.209 e. The van der Waals surface area contributed by atoms with Crippen LogP contribution in [0.3, 0.4) is 0 Å². The van der Waals surface area contributed by atoms with Crippen LogP contribution in [0.4, 0.5) is 0 Å². The minimum Gasteiger partial charge on any atom is -0.383 e. The molecule has 1 amide bonds. The number of amides is 1. The standard InChI is InChI=1S/C5H11NO2.C4H11N/c1-6(5-7)3-4-8-2;1-4-5(2)3/h5H,3-4H2,1-2H3;4H2,1-3H3. The molecule has 0 spiro atoms. The third-order valence-corrected chi connectivity index (χ3v) is 1.46. The van der Waals surface area contributed by atoms with Crippen molar-refractivity contribution in [3.8, 4) is 0 Å². The highest BCUT2D eigenvalue weighted by Crippen LogP contribution is 1.73. The van der Waals surface area contributed by atoms with E-state index < -0.39 is 0 Å². The molecule has 0 N–H and O–H groups in total. The van der Waals surface area contributed by atoms with Crippen molar-refractivity contribution in [2.45, 2.75) is 6.92 Å². The molecular weight excluding hydrogens is 168 g/mol. The van der Waals surface area contributed by atoms with E-state index in [4.69, 9.17) is 4.74 Å². The summed E-state index contributed by atoms with van der Waals surface area (Å²) >= 11 is 0. The van der Waals surface area contributed by atoms with Gasteiger partial charge in [0.2, 0.25) is 6.41 Å². The second-order valence-electron chi connectivity index (χ2n) is 2.97. The number of methoxy groups -OCH3 is 1. The third-order valence-electron chi connectivity index (χ3n) is 1.46. The molecule has 0 radical (unpaired) electrons. The molecule has 0 aromatic carbocycles. The summed E-state index contributed by atoms with van der Waals surface area (Å²) in [6.45, 7) is 4.54. The van der Waals surface area contributed by atoms with Crippen molar-refractivity contribution in [1.82, 2.24) is 9.80 Å². The summed E-state index contributed by atoms with van der Waals surface area (Å²) in [5.74, 6) is 0. The van der Waals surface area contributed by atoms with Gasteiger partial charge in [-0.2, -0.15) is 0 Å². The van der Waals surface area contributed by atoms with Crippen LogP contribution in [-0.4, -0.2) is 64.2 Å².